The summed E-state index contributed by atoms with van der Waals surface area (Å²) in [5.74, 6) is -0.148. The second kappa shape index (κ2) is 7.96. The van der Waals surface area contributed by atoms with Crippen LogP contribution in [0.4, 0.5) is 0 Å². The lowest BCUT2D eigenvalue weighted by Crippen LogP contribution is -2.46. The van der Waals surface area contributed by atoms with E-state index >= 15 is 0 Å². The molecule has 1 aliphatic heterocycles. The first-order valence-electron chi connectivity index (χ1n) is 8.19. The topological polar surface area (TPSA) is 66.5 Å². The maximum absolute atomic E-state index is 12.8. The van der Waals surface area contributed by atoms with Gasteiger partial charge in [-0.15, -0.1) is 0 Å². The van der Waals surface area contributed by atoms with Crippen LogP contribution in [0.15, 0.2) is 53.4 Å². The zero-order valence-electron chi connectivity index (χ0n) is 13.9. The molecule has 0 aromatic heterocycles. The molecule has 1 N–H and O–H groups in total. The average molecular weight is 413 g/mol. The minimum Gasteiger partial charge on any atom is -0.349 e. The summed E-state index contributed by atoms with van der Waals surface area (Å²) in [5, 5.41) is 3.42. The highest BCUT2D eigenvalue weighted by Crippen LogP contribution is 2.29. The molecule has 1 aliphatic rings. The Kier molecular flexibility index (Phi) is 5.87. The van der Waals surface area contributed by atoms with Gasteiger partial charge in [-0.2, -0.15) is 4.31 Å². The predicted octanol–water partition coefficient (Wildman–Crippen LogP) is 3.58. The highest BCUT2D eigenvalue weighted by atomic mass is 35.5. The fourth-order valence-electron chi connectivity index (χ4n) is 2.91. The highest BCUT2D eigenvalue weighted by Gasteiger charge is 2.31. The molecular weight excluding hydrogens is 395 g/mol. The molecule has 0 atom stereocenters. The van der Waals surface area contributed by atoms with Crippen molar-refractivity contribution in [3.63, 3.8) is 0 Å². The molecule has 138 valence electrons. The molecule has 5 nitrogen and oxygen atoms in total. The molecule has 8 heteroatoms. The molecule has 0 radical (unpaired) electrons. The Labute approximate surface area is 163 Å². The van der Waals surface area contributed by atoms with Crippen LogP contribution in [0.25, 0.3) is 0 Å². The summed E-state index contributed by atoms with van der Waals surface area (Å²) in [5.41, 5.74) is 0.591. The van der Waals surface area contributed by atoms with Crippen molar-refractivity contribution in [3.05, 3.63) is 64.1 Å². The molecule has 3 rings (SSSR count). The number of hydrogen-bond donors (Lipinski definition) is 1. The summed E-state index contributed by atoms with van der Waals surface area (Å²) in [6.45, 7) is 0.621. The molecule has 0 saturated carbocycles. The predicted molar refractivity (Wildman–Crippen MR) is 102 cm³/mol. The minimum absolute atomic E-state index is 0.0124. The van der Waals surface area contributed by atoms with Gasteiger partial charge in [0.2, 0.25) is 10.0 Å². The maximum atomic E-state index is 12.8. The number of carbonyl (C=O) groups is 1. The van der Waals surface area contributed by atoms with E-state index in [4.69, 9.17) is 23.2 Å². The number of halogens is 2. The Morgan fingerprint density at radius 1 is 1.04 bits per heavy atom. The molecule has 2 aromatic carbocycles. The number of piperidine rings is 1. The molecule has 1 saturated heterocycles. The molecule has 26 heavy (non-hydrogen) atoms. The van der Waals surface area contributed by atoms with Crippen LogP contribution < -0.4 is 5.32 Å². The number of amides is 1. The maximum Gasteiger partial charge on any atom is 0.251 e. The van der Waals surface area contributed by atoms with Crippen LogP contribution in [0.5, 0.6) is 0 Å². The summed E-state index contributed by atoms with van der Waals surface area (Å²) in [4.78, 5) is 12.2. The largest absolute Gasteiger partial charge is 0.349 e. The van der Waals surface area contributed by atoms with Gasteiger partial charge in [-0.3, -0.25) is 4.79 Å². The molecule has 0 spiro atoms. The fourth-order valence-corrected chi connectivity index (χ4v) is 5.12. The normalized spacial score (nSPS) is 16.4. The van der Waals surface area contributed by atoms with Crippen molar-refractivity contribution in [3.8, 4) is 0 Å². The summed E-state index contributed by atoms with van der Waals surface area (Å²) in [6.07, 6.45) is 1.08. The summed E-state index contributed by atoms with van der Waals surface area (Å²) in [6, 6.07) is 13.3. The Morgan fingerprint density at radius 3 is 2.35 bits per heavy atom. The van der Waals surface area contributed by atoms with Gasteiger partial charge in [0.25, 0.3) is 5.91 Å². The van der Waals surface area contributed by atoms with E-state index in [0.29, 0.717) is 36.5 Å². The van der Waals surface area contributed by atoms with E-state index in [1.54, 1.807) is 30.3 Å². The van der Waals surface area contributed by atoms with E-state index < -0.39 is 10.0 Å². The van der Waals surface area contributed by atoms with Gasteiger partial charge >= 0.3 is 0 Å². The SMILES string of the molecule is O=C(NC1CCN(S(=O)(=O)c2cc(Cl)ccc2Cl)CC1)c1ccccc1. The smallest absolute Gasteiger partial charge is 0.251 e. The Morgan fingerprint density at radius 2 is 1.69 bits per heavy atom. The Hall–Kier alpha value is -1.60. The average Bonchev–Trinajstić information content (AvgIpc) is 2.65. The lowest BCUT2D eigenvalue weighted by molar-refractivity contribution is 0.0924. The number of carbonyl (C=O) groups excluding carboxylic acids is 1. The molecule has 1 heterocycles. The number of rotatable bonds is 4. The van der Waals surface area contributed by atoms with Crippen molar-refractivity contribution in [1.82, 2.24) is 9.62 Å². The van der Waals surface area contributed by atoms with Gasteiger partial charge in [-0.25, -0.2) is 8.42 Å². The number of sulfonamides is 1. The highest BCUT2D eigenvalue weighted by molar-refractivity contribution is 7.89. The first-order valence-corrected chi connectivity index (χ1v) is 10.4. The number of hydrogen-bond acceptors (Lipinski definition) is 3. The van der Waals surface area contributed by atoms with E-state index in [0.717, 1.165) is 0 Å². The molecule has 2 aromatic rings. The van der Waals surface area contributed by atoms with E-state index in [2.05, 4.69) is 5.32 Å². The monoisotopic (exact) mass is 412 g/mol. The van der Waals surface area contributed by atoms with Crippen molar-refractivity contribution >= 4 is 39.1 Å². The van der Waals surface area contributed by atoms with Gasteiger partial charge in [-0.05, 0) is 43.2 Å². The summed E-state index contributed by atoms with van der Waals surface area (Å²) < 4.78 is 27.0. The van der Waals surface area contributed by atoms with Crippen LogP contribution in [0, 0.1) is 0 Å². The van der Waals surface area contributed by atoms with E-state index in [1.807, 2.05) is 6.07 Å². The third-order valence-electron chi connectivity index (χ3n) is 4.34. The van der Waals surface area contributed by atoms with Crippen molar-refractivity contribution in [2.75, 3.05) is 13.1 Å². The second-order valence-electron chi connectivity index (χ2n) is 6.09. The van der Waals surface area contributed by atoms with Crippen LogP contribution >= 0.6 is 23.2 Å². The third kappa shape index (κ3) is 4.20. The Bertz CT molecular complexity index is 896. The first-order chi connectivity index (χ1) is 12.4. The molecular formula is C18H18Cl2N2O3S. The molecule has 0 aliphatic carbocycles. The van der Waals surface area contributed by atoms with Gasteiger partial charge in [0, 0.05) is 29.7 Å². The van der Waals surface area contributed by atoms with Crippen LogP contribution in [0.1, 0.15) is 23.2 Å². The van der Waals surface area contributed by atoms with Crippen molar-refractivity contribution in [2.45, 2.75) is 23.8 Å². The number of nitrogens with zero attached hydrogens (tertiary/aromatic N) is 1. The van der Waals surface area contributed by atoms with Crippen LogP contribution in [0.2, 0.25) is 10.0 Å². The van der Waals surface area contributed by atoms with Crippen molar-refractivity contribution in [2.24, 2.45) is 0 Å². The zero-order chi connectivity index (χ0) is 18.7. The van der Waals surface area contributed by atoms with Crippen molar-refractivity contribution in [1.29, 1.82) is 0 Å². The number of nitrogens with one attached hydrogen (secondary N) is 1. The quantitative estimate of drug-likeness (QED) is 0.834. The molecule has 1 amide bonds. The Balaban J connectivity index is 1.65. The molecule has 0 bridgehead atoms. The molecule has 1 fully saturated rings. The van der Waals surface area contributed by atoms with Crippen LogP contribution in [-0.2, 0) is 10.0 Å². The lowest BCUT2D eigenvalue weighted by Gasteiger charge is -2.31. The number of benzene rings is 2. The lowest BCUT2D eigenvalue weighted by atomic mass is 10.1. The second-order valence-corrected chi connectivity index (χ2v) is 8.84. The standard InChI is InChI=1S/C18H18Cl2N2O3S/c19-14-6-7-16(20)17(12-14)26(24,25)22-10-8-15(9-11-22)21-18(23)13-4-2-1-3-5-13/h1-7,12,15H,8-11H2,(H,21,23). The molecule has 0 unspecified atom stereocenters. The summed E-state index contributed by atoms with van der Waals surface area (Å²) >= 11 is 12.0. The first kappa shape index (κ1) is 19.2. The van der Waals surface area contributed by atoms with Gasteiger partial charge in [-0.1, -0.05) is 41.4 Å². The van der Waals surface area contributed by atoms with Gasteiger partial charge < -0.3 is 5.32 Å². The van der Waals surface area contributed by atoms with E-state index in [9.17, 15) is 13.2 Å². The van der Waals surface area contributed by atoms with Crippen LogP contribution in [-0.4, -0.2) is 37.8 Å². The van der Waals surface area contributed by atoms with Crippen LogP contribution in [0.3, 0.4) is 0 Å². The zero-order valence-corrected chi connectivity index (χ0v) is 16.2. The summed E-state index contributed by atoms with van der Waals surface area (Å²) in [7, 11) is -3.72. The third-order valence-corrected chi connectivity index (χ3v) is 6.95. The van der Waals surface area contributed by atoms with Gasteiger partial charge in [0.1, 0.15) is 4.90 Å². The minimum atomic E-state index is -3.72. The van der Waals surface area contributed by atoms with Gasteiger partial charge in [0.05, 0.1) is 5.02 Å². The van der Waals surface area contributed by atoms with E-state index in [-0.39, 0.29) is 21.9 Å². The van der Waals surface area contributed by atoms with E-state index in [1.165, 1.54) is 16.4 Å². The fraction of sp³-hybridized carbons (Fsp3) is 0.278. The van der Waals surface area contributed by atoms with Crippen molar-refractivity contribution < 1.29 is 13.2 Å². The van der Waals surface area contributed by atoms with Gasteiger partial charge in [0.15, 0.2) is 0 Å².